The molecule has 0 bridgehead atoms. The van der Waals surface area contributed by atoms with Crippen molar-refractivity contribution in [3.8, 4) is 6.07 Å². The lowest BCUT2D eigenvalue weighted by Crippen LogP contribution is -2.45. The van der Waals surface area contributed by atoms with Gasteiger partial charge in [0.15, 0.2) is 0 Å². The lowest BCUT2D eigenvalue weighted by Gasteiger charge is -2.39. The van der Waals surface area contributed by atoms with E-state index < -0.39 is 0 Å². The summed E-state index contributed by atoms with van der Waals surface area (Å²) in [7, 11) is 0. The normalized spacial score (nSPS) is 26.7. The molecule has 0 spiro atoms. The van der Waals surface area contributed by atoms with E-state index in [2.05, 4.69) is 18.3 Å². The molecule has 2 rings (SSSR count). The van der Waals surface area contributed by atoms with Gasteiger partial charge in [-0.2, -0.15) is 5.26 Å². The molecule has 0 amide bonds. The third-order valence-electron chi connectivity index (χ3n) is 4.12. The average Bonchev–Trinajstić information content (AvgIpc) is 2.44. The maximum absolute atomic E-state index is 9.72. The first-order chi connectivity index (χ1) is 9.08. The zero-order valence-corrected chi connectivity index (χ0v) is 11.3. The Balaban J connectivity index is 2.17. The summed E-state index contributed by atoms with van der Waals surface area (Å²) in [6.45, 7) is 2.37. The van der Waals surface area contributed by atoms with Crippen LogP contribution in [0.2, 0.25) is 0 Å². The summed E-state index contributed by atoms with van der Waals surface area (Å²) in [5.41, 5.74) is 7.28. The summed E-state index contributed by atoms with van der Waals surface area (Å²) in [5, 5.41) is 22.1. The van der Waals surface area contributed by atoms with Gasteiger partial charge in [0.25, 0.3) is 0 Å². The number of rotatable bonds is 3. The monoisotopic (exact) mass is 259 g/mol. The maximum atomic E-state index is 9.72. The Morgan fingerprint density at radius 1 is 1.47 bits per heavy atom. The number of nitrogens with one attached hydrogen (secondary N) is 1. The molecule has 0 heterocycles. The third-order valence-corrected chi connectivity index (χ3v) is 4.12. The smallest absolute Gasteiger partial charge is 0.101 e. The molecule has 4 nitrogen and oxygen atoms in total. The Morgan fingerprint density at radius 3 is 2.74 bits per heavy atom. The zero-order chi connectivity index (χ0) is 13.9. The second-order valence-corrected chi connectivity index (χ2v) is 5.66. The second-order valence-electron chi connectivity index (χ2n) is 5.66. The van der Waals surface area contributed by atoms with Crippen LogP contribution in [0.4, 0.5) is 11.4 Å². The van der Waals surface area contributed by atoms with Gasteiger partial charge < -0.3 is 16.2 Å². The highest BCUT2D eigenvalue weighted by Crippen LogP contribution is 2.34. The molecule has 1 aromatic carbocycles. The molecule has 0 aromatic heterocycles. The quantitative estimate of drug-likeness (QED) is 0.728. The highest BCUT2D eigenvalue weighted by Gasteiger charge is 2.33. The number of hydrogen-bond acceptors (Lipinski definition) is 4. The summed E-state index contributed by atoms with van der Waals surface area (Å²) in [4.78, 5) is 0. The Kier molecular flexibility index (Phi) is 3.96. The number of anilines is 2. The summed E-state index contributed by atoms with van der Waals surface area (Å²) in [5.74, 6) is 0.725. The summed E-state index contributed by atoms with van der Waals surface area (Å²) in [6.07, 6.45) is 4.15. The Morgan fingerprint density at radius 2 is 2.16 bits per heavy atom. The molecule has 4 heteroatoms. The van der Waals surface area contributed by atoms with Crippen molar-refractivity contribution in [3.63, 3.8) is 0 Å². The van der Waals surface area contributed by atoms with E-state index in [1.807, 2.05) is 6.07 Å². The molecule has 0 saturated heterocycles. The Labute approximate surface area is 114 Å². The largest absolute Gasteiger partial charge is 0.398 e. The standard InChI is InChI=1S/C15H21N3O/c1-11-4-6-15(10-19,7-5-11)18-13-2-3-14(17)12(8-13)9-16/h2-3,8,11,18-19H,4-7,10,17H2,1H3. The predicted molar refractivity (Wildman–Crippen MR) is 76.6 cm³/mol. The summed E-state index contributed by atoms with van der Waals surface area (Å²) in [6, 6.07) is 7.44. The van der Waals surface area contributed by atoms with E-state index in [4.69, 9.17) is 11.0 Å². The summed E-state index contributed by atoms with van der Waals surface area (Å²) < 4.78 is 0. The minimum absolute atomic E-state index is 0.117. The van der Waals surface area contributed by atoms with Crippen molar-refractivity contribution in [2.24, 2.45) is 5.92 Å². The average molecular weight is 259 g/mol. The van der Waals surface area contributed by atoms with Gasteiger partial charge in [0.2, 0.25) is 0 Å². The van der Waals surface area contributed by atoms with Crippen LogP contribution in [0.25, 0.3) is 0 Å². The number of aliphatic hydroxyl groups excluding tert-OH is 1. The van der Waals surface area contributed by atoms with Crippen LogP contribution < -0.4 is 11.1 Å². The van der Waals surface area contributed by atoms with Crippen LogP contribution in [0, 0.1) is 17.2 Å². The van der Waals surface area contributed by atoms with Crippen LogP contribution in [0.5, 0.6) is 0 Å². The molecule has 1 aliphatic rings. The molecule has 4 N–H and O–H groups in total. The van der Waals surface area contributed by atoms with Gasteiger partial charge in [0.1, 0.15) is 6.07 Å². The van der Waals surface area contributed by atoms with Crippen molar-refractivity contribution in [1.29, 1.82) is 5.26 Å². The van der Waals surface area contributed by atoms with Crippen molar-refractivity contribution >= 4 is 11.4 Å². The molecule has 0 atom stereocenters. The van der Waals surface area contributed by atoms with Crippen molar-refractivity contribution < 1.29 is 5.11 Å². The SMILES string of the molecule is CC1CCC(CO)(Nc2ccc(N)c(C#N)c2)CC1. The van der Waals surface area contributed by atoms with E-state index >= 15 is 0 Å². The van der Waals surface area contributed by atoms with Crippen LogP contribution in [-0.2, 0) is 0 Å². The zero-order valence-electron chi connectivity index (χ0n) is 11.3. The fourth-order valence-electron chi connectivity index (χ4n) is 2.67. The van der Waals surface area contributed by atoms with Crippen molar-refractivity contribution in [3.05, 3.63) is 23.8 Å². The van der Waals surface area contributed by atoms with Gasteiger partial charge in [-0.3, -0.25) is 0 Å². The summed E-state index contributed by atoms with van der Waals surface area (Å²) >= 11 is 0. The molecule has 102 valence electrons. The predicted octanol–water partition coefficient (Wildman–Crippen LogP) is 2.49. The number of benzene rings is 1. The maximum Gasteiger partial charge on any atom is 0.101 e. The van der Waals surface area contributed by atoms with E-state index in [0.29, 0.717) is 11.3 Å². The molecule has 1 saturated carbocycles. The van der Waals surface area contributed by atoms with E-state index in [1.165, 1.54) is 0 Å². The number of hydrogen-bond donors (Lipinski definition) is 3. The molecular formula is C15H21N3O. The minimum Gasteiger partial charge on any atom is -0.398 e. The molecular weight excluding hydrogens is 238 g/mol. The van der Waals surface area contributed by atoms with Crippen LogP contribution in [0.1, 0.15) is 38.2 Å². The fourth-order valence-corrected chi connectivity index (χ4v) is 2.67. The number of nitrogens with two attached hydrogens (primary N) is 1. The van der Waals surface area contributed by atoms with Crippen LogP contribution in [0.3, 0.4) is 0 Å². The highest BCUT2D eigenvalue weighted by molar-refractivity contribution is 5.62. The first-order valence-corrected chi connectivity index (χ1v) is 6.77. The Bertz CT molecular complexity index is 485. The lowest BCUT2D eigenvalue weighted by molar-refractivity contribution is 0.155. The van der Waals surface area contributed by atoms with Crippen LogP contribution in [0.15, 0.2) is 18.2 Å². The van der Waals surface area contributed by atoms with Crippen molar-refractivity contribution in [2.75, 3.05) is 17.7 Å². The molecule has 1 aromatic rings. The first-order valence-electron chi connectivity index (χ1n) is 6.77. The van der Waals surface area contributed by atoms with Gasteiger partial charge in [0, 0.05) is 11.4 Å². The Hall–Kier alpha value is -1.73. The fraction of sp³-hybridized carbons (Fsp3) is 0.533. The van der Waals surface area contributed by atoms with Gasteiger partial charge >= 0.3 is 0 Å². The van der Waals surface area contributed by atoms with Gasteiger partial charge in [-0.05, 0) is 49.8 Å². The molecule has 19 heavy (non-hydrogen) atoms. The van der Waals surface area contributed by atoms with Gasteiger partial charge in [-0.1, -0.05) is 6.92 Å². The number of nitrogens with zero attached hydrogens (tertiary/aromatic N) is 1. The number of nitrogen functional groups attached to an aromatic ring is 1. The highest BCUT2D eigenvalue weighted by atomic mass is 16.3. The van der Waals surface area contributed by atoms with Crippen LogP contribution in [-0.4, -0.2) is 17.3 Å². The van der Waals surface area contributed by atoms with E-state index in [-0.39, 0.29) is 12.1 Å². The molecule has 1 aliphatic carbocycles. The van der Waals surface area contributed by atoms with E-state index in [1.54, 1.807) is 12.1 Å². The first kappa shape index (κ1) is 13.7. The topological polar surface area (TPSA) is 82.1 Å². The molecule has 1 fully saturated rings. The van der Waals surface area contributed by atoms with Gasteiger partial charge in [0.05, 0.1) is 17.7 Å². The molecule has 0 aliphatic heterocycles. The molecule has 0 unspecified atom stereocenters. The van der Waals surface area contributed by atoms with Gasteiger partial charge in [-0.15, -0.1) is 0 Å². The third kappa shape index (κ3) is 2.99. The number of nitriles is 1. The minimum atomic E-state index is -0.255. The van der Waals surface area contributed by atoms with Crippen LogP contribution >= 0.6 is 0 Å². The van der Waals surface area contributed by atoms with Crippen molar-refractivity contribution in [2.45, 2.75) is 38.1 Å². The second kappa shape index (κ2) is 5.50. The van der Waals surface area contributed by atoms with E-state index in [9.17, 15) is 5.11 Å². The number of aliphatic hydroxyl groups is 1. The molecule has 0 radical (unpaired) electrons. The van der Waals surface area contributed by atoms with Crippen molar-refractivity contribution in [1.82, 2.24) is 0 Å². The van der Waals surface area contributed by atoms with E-state index in [0.717, 1.165) is 37.3 Å². The van der Waals surface area contributed by atoms with Gasteiger partial charge in [-0.25, -0.2) is 0 Å². The lowest BCUT2D eigenvalue weighted by atomic mass is 9.77.